The zero-order chi connectivity index (χ0) is 27.5. The summed E-state index contributed by atoms with van der Waals surface area (Å²) in [4.78, 5) is 16.9. The summed E-state index contributed by atoms with van der Waals surface area (Å²) in [5.74, 6) is -0.365. The highest BCUT2D eigenvalue weighted by Gasteiger charge is 2.33. The monoisotopic (exact) mass is 545 g/mol. The van der Waals surface area contributed by atoms with E-state index in [0.29, 0.717) is 30.9 Å². The Balaban J connectivity index is 1.54. The second-order valence-corrected chi connectivity index (χ2v) is 11.1. The van der Waals surface area contributed by atoms with Crippen LogP contribution in [0.15, 0.2) is 77.7 Å². The number of rotatable bonds is 7. The number of alkyl halides is 3. The first kappa shape index (κ1) is 27.5. The minimum absolute atomic E-state index is 0.0937. The summed E-state index contributed by atoms with van der Waals surface area (Å²) in [5, 5.41) is 0. The van der Waals surface area contributed by atoms with Crippen LogP contribution in [-0.2, 0) is 27.4 Å². The Bertz CT molecular complexity index is 1380. The average molecular weight is 546 g/mol. The first-order valence-electron chi connectivity index (χ1n) is 12.4. The van der Waals surface area contributed by atoms with Gasteiger partial charge in [-0.1, -0.05) is 48.9 Å². The number of aryl methyl sites for hydroxylation is 2. The molecule has 3 aromatic carbocycles. The molecule has 1 saturated heterocycles. The van der Waals surface area contributed by atoms with Gasteiger partial charge in [-0.2, -0.15) is 13.2 Å². The fraction of sp³-hybridized carbons (Fsp3) is 0.321. The Morgan fingerprint density at radius 1 is 0.921 bits per heavy atom. The number of nitrogens with zero attached hydrogens (tertiary/aromatic N) is 3. The lowest BCUT2D eigenvalue weighted by Crippen LogP contribution is -2.52. The van der Waals surface area contributed by atoms with E-state index in [0.717, 1.165) is 27.6 Å². The van der Waals surface area contributed by atoms with Crippen LogP contribution >= 0.6 is 0 Å². The van der Waals surface area contributed by atoms with Gasteiger partial charge in [-0.15, -0.1) is 0 Å². The number of anilines is 2. The predicted octanol–water partition coefficient (Wildman–Crippen LogP) is 5.12. The second kappa shape index (κ2) is 11.1. The normalized spacial score (nSPS) is 14.4. The van der Waals surface area contributed by atoms with E-state index < -0.39 is 21.8 Å². The van der Waals surface area contributed by atoms with Crippen molar-refractivity contribution in [2.75, 3.05) is 41.9 Å². The minimum atomic E-state index is -4.44. The molecule has 0 radical (unpaired) electrons. The molecule has 0 unspecified atom stereocenters. The van der Waals surface area contributed by atoms with Crippen molar-refractivity contribution in [2.24, 2.45) is 0 Å². The van der Waals surface area contributed by atoms with Crippen LogP contribution in [0.2, 0.25) is 0 Å². The van der Waals surface area contributed by atoms with Crippen LogP contribution in [0.5, 0.6) is 0 Å². The lowest BCUT2D eigenvalue weighted by Gasteiger charge is -2.37. The van der Waals surface area contributed by atoms with Crippen LogP contribution in [-0.4, -0.2) is 51.9 Å². The van der Waals surface area contributed by atoms with Crippen molar-refractivity contribution in [1.29, 1.82) is 0 Å². The van der Waals surface area contributed by atoms with Gasteiger partial charge in [0, 0.05) is 31.9 Å². The number of benzene rings is 3. The molecule has 0 saturated carbocycles. The summed E-state index contributed by atoms with van der Waals surface area (Å²) in [6.07, 6.45) is -3.85. The largest absolute Gasteiger partial charge is 0.416 e. The van der Waals surface area contributed by atoms with Crippen molar-refractivity contribution in [3.05, 3.63) is 89.5 Å². The standard InChI is InChI=1S/C28H30F3N3O3S/c1-3-22-7-4-5-10-26(22)34(38(36,37)25-13-11-21(2)12-14-25)20-27(35)33-17-15-32(16-18-33)24-9-6-8-23(19-24)28(29,30)31/h4-14,19H,3,15-18,20H2,1-2H3. The molecule has 0 spiro atoms. The topological polar surface area (TPSA) is 60.9 Å². The maximum absolute atomic E-state index is 13.7. The highest BCUT2D eigenvalue weighted by molar-refractivity contribution is 7.92. The van der Waals surface area contributed by atoms with Crippen molar-refractivity contribution in [3.8, 4) is 0 Å². The number of carbonyl (C=O) groups excluding carboxylic acids is 1. The highest BCUT2D eigenvalue weighted by Crippen LogP contribution is 2.32. The molecule has 1 aliphatic rings. The molecule has 4 rings (SSSR count). The van der Waals surface area contributed by atoms with Gasteiger partial charge in [0.05, 0.1) is 16.1 Å². The van der Waals surface area contributed by atoms with Gasteiger partial charge in [0.2, 0.25) is 5.91 Å². The van der Waals surface area contributed by atoms with Gasteiger partial charge in [-0.05, 0) is 55.3 Å². The van der Waals surface area contributed by atoms with Crippen molar-refractivity contribution >= 4 is 27.3 Å². The summed E-state index contributed by atoms with van der Waals surface area (Å²) in [5.41, 5.74) is 1.88. The maximum atomic E-state index is 13.7. The van der Waals surface area contributed by atoms with Crippen LogP contribution < -0.4 is 9.21 Å². The van der Waals surface area contributed by atoms with Crippen molar-refractivity contribution in [2.45, 2.75) is 31.3 Å². The fourth-order valence-electron chi connectivity index (χ4n) is 4.51. The summed E-state index contributed by atoms with van der Waals surface area (Å²) in [6, 6.07) is 18.7. The molecule has 38 heavy (non-hydrogen) atoms. The number of hydrogen-bond donors (Lipinski definition) is 0. The number of para-hydroxylation sites is 1. The van der Waals surface area contributed by atoms with Gasteiger partial charge in [0.15, 0.2) is 0 Å². The molecule has 3 aromatic rings. The average Bonchev–Trinajstić information content (AvgIpc) is 2.91. The van der Waals surface area contributed by atoms with E-state index in [2.05, 4.69) is 0 Å². The Kier molecular flexibility index (Phi) is 8.01. The molecule has 6 nitrogen and oxygen atoms in total. The third-order valence-electron chi connectivity index (χ3n) is 6.70. The van der Waals surface area contributed by atoms with Crippen LogP contribution in [0.1, 0.15) is 23.6 Å². The van der Waals surface area contributed by atoms with Gasteiger partial charge in [-0.3, -0.25) is 9.10 Å². The van der Waals surface area contributed by atoms with E-state index in [1.54, 1.807) is 40.1 Å². The lowest BCUT2D eigenvalue weighted by atomic mass is 10.1. The molecule has 0 atom stereocenters. The Morgan fingerprint density at radius 3 is 2.21 bits per heavy atom. The smallest absolute Gasteiger partial charge is 0.368 e. The summed E-state index contributed by atoms with van der Waals surface area (Å²) < 4.78 is 68.0. The molecule has 1 aliphatic heterocycles. The third kappa shape index (κ3) is 5.96. The molecule has 0 bridgehead atoms. The van der Waals surface area contributed by atoms with Gasteiger partial charge in [0.25, 0.3) is 10.0 Å². The van der Waals surface area contributed by atoms with E-state index in [-0.39, 0.29) is 30.4 Å². The predicted molar refractivity (Wildman–Crippen MR) is 142 cm³/mol. The third-order valence-corrected chi connectivity index (χ3v) is 8.47. The molecule has 10 heteroatoms. The number of halogens is 3. The van der Waals surface area contributed by atoms with Crippen LogP contribution in [0.3, 0.4) is 0 Å². The number of piperazine rings is 1. The Labute approximate surface area is 221 Å². The first-order valence-corrected chi connectivity index (χ1v) is 13.8. The molecule has 0 N–H and O–H groups in total. The molecule has 1 amide bonds. The lowest BCUT2D eigenvalue weighted by molar-refractivity contribution is -0.137. The second-order valence-electron chi connectivity index (χ2n) is 9.22. The molecule has 202 valence electrons. The molecule has 1 heterocycles. The fourth-order valence-corrected chi connectivity index (χ4v) is 5.96. The van der Waals surface area contributed by atoms with E-state index in [1.807, 2.05) is 26.0 Å². The Hall–Kier alpha value is -3.53. The van der Waals surface area contributed by atoms with E-state index in [4.69, 9.17) is 0 Å². The SMILES string of the molecule is CCc1ccccc1N(CC(=O)N1CCN(c2cccc(C(F)(F)F)c2)CC1)S(=O)(=O)c1ccc(C)cc1. The maximum Gasteiger partial charge on any atom is 0.416 e. The highest BCUT2D eigenvalue weighted by atomic mass is 32.2. The van der Waals surface area contributed by atoms with Crippen molar-refractivity contribution < 1.29 is 26.4 Å². The zero-order valence-electron chi connectivity index (χ0n) is 21.3. The summed E-state index contributed by atoms with van der Waals surface area (Å²) in [6.45, 7) is 4.61. The molecular formula is C28H30F3N3O3S. The molecule has 0 aromatic heterocycles. The zero-order valence-corrected chi connectivity index (χ0v) is 22.1. The van der Waals surface area contributed by atoms with E-state index in [9.17, 15) is 26.4 Å². The van der Waals surface area contributed by atoms with Gasteiger partial charge < -0.3 is 9.80 Å². The number of carbonyl (C=O) groups is 1. The van der Waals surface area contributed by atoms with Gasteiger partial charge in [0.1, 0.15) is 6.54 Å². The number of sulfonamides is 1. The van der Waals surface area contributed by atoms with E-state index in [1.165, 1.54) is 18.2 Å². The first-order chi connectivity index (χ1) is 18.0. The van der Waals surface area contributed by atoms with E-state index >= 15 is 0 Å². The van der Waals surface area contributed by atoms with Crippen LogP contribution in [0.25, 0.3) is 0 Å². The quantitative estimate of drug-likeness (QED) is 0.414. The van der Waals surface area contributed by atoms with Gasteiger partial charge >= 0.3 is 6.18 Å². The number of amides is 1. The van der Waals surface area contributed by atoms with Crippen molar-refractivity contribution in [1.82, 2.24) is 4.90 Å². The molecular weight excluding hydrogens is 515 g/mol. The van der Waals surface area contributed by atoms with Crippen molar-refractivity contribution in [3.63, 3.8) is 0 Å². The molecule has 1 fully saturated rings. The number of hydrogen-bond acceptors (Lipinski definition) is 4. The van der Waals surface area contributed by atoms with Gasteiger partial charge in [-0.25, -0.2) is 8.42 Å². The Morgan fingerprint density at radius 2 is 1.58 bits per heavy atom. The summed E-state index contributed by atoms with van der Waals surface area (Å²) in [7, 11) is -4.04. The van der Waals surface area contributed by atoms with Crippen LogP contribution in [0, 0.1) is 6.92 Å². The summed E-state index contributed by atoms with van der Waals surface area (Å²) >= 11 is 0. The molecule has 0 aliphatic carbocycles. The van der Waals surface area contributed by atoms with Crippen LogP contribution in [0.4, 0.5) is 24.5 Å². The minimum Gasteiger partial charge on any atom is -0.368 e.